The molecule has 1 aliphatic rings. The van der Waals surface area contributed by atoms with E-state index in [-0.39, 0.29) is 11.6 Å². The Balaban J connectivity index is 2.40. The topological polar surface area (TPSA) is 41.3 Å². The summed E-state index contributed by atoms with van der Waals surface area (Å²) in [5, 5.41) is 0. The van der Waals surface area contributed by atoms with Gasteiger partial charge >= 0.3 is 0 Å². The van der Waals surface area contributed by atoms with Gasteiger partial charge in [0.2, 0.25) is 0 Å². The number of nitrogens with one attached hydrogen (secondary N) is 1. The maximum atomic E-state index is 5.98. The molecule has 0 heterocycles. The molecule has 112 valence electrons. The highest BCUT2D eigenvalue weighted by atomic mass is 15.3. The summed E-state index contributed by atoms with van der Waals surface area (Å²) in [4.78, 5) is 2.38. The Labute approximate surface area is 123 Å². The van der Waals surface area contributed by atoms with Crippen molar-refractivity contribution in [3.05, 3.63) is 35.4 Å². The lowest BCUT2D eigenvalue weighted by molar-refractivity contribution is 0.0366. The monoisotopic (exact) mass is 275 g/mol. The van der Waals surface area contributed by atoms with Crippen LogP contribution >= 0.6 is 0 Å². The van der Waals surface area contributed by atoms with Gasteiger partial charge in [-0.3, -0.25) is 11.3 Å². The van der Waals surface area contributed by atoms with E-state index in [1.54, 1.807) is 0 Å². The molecule has 1 aliphatic carbocycles. The van der Waals surface area contributed by atoms with Crippen LogP contribution in [0, 0.1) is 12.8 Å². The molecule has 0 aliphatic heterocycles. The molecule has 1 aromatic carbocycles. The molecule has 3 nitrogen and oxygen atoms in total. The van der Waals surface area contributed by atoms with Crippen LogP contribution in [-0.2, 0) is 0 Å². The quantitative estimate of drug-likeness (QED) is 0.655. The fourth-order valence-corrected chi connectivity index (χ4v) is 3.90. The van der Waals surface area contributed by atoms with Crippen LogP contribution in [0.15, 0.2) is 24.3 Å². The number of nitrogens with two attached hydrogens (primary N) is 1. The summed E-state index contributed by atoms with van der Waals surface area (Å²) in [6, 6.07) is 8.91. The summed E-state index contributed by atoms with van der Waals surface area (Å²) in [5.74, 6) is 6.73. The Bertz CT molecular complexity index is 444. The molecule has 1 saturated carbocycles. The number of hydrogen-bond acceptors (Lipinski definition) is 3. The number of likely N-dealkylation sites (N-methyl/N-ethyl adjacent to an activating group) is 1. The SMILES string of the molecule is Cc1cccc(C(NN)C2(N(C)C)CCCC(C)C2)c1. The average Bonchev–Trinajstić information content (AvgIpc) is 2.39. The molecular formula is C17H29N3. The Hall–Kier alpha value is -0.900. The fourth-order valence-electron chi connectivity index (χ4n) is 3.90. The maximum absolute atomic E-state index is 5.98. The van der Waals surface area contributed by atoms with Gasteiger partial charge in [0.25, 0.3) is 0 Å². The smallest absolute Gasteiger partial charge is 0.0643 e. The summed E-state index contributed by atoms with van der Waals surface area (Å²) in [6.07, 6.45) is 5.01. The van der Waals surface area contributed by atoms with E-state index in [1.165, 1.54) is 36.8 Å². The molecule has 0 bridgehead atoms. The van der Waals surface area contributed by atoms with E-state index in [2.05, 4.69) is 62.5 Å². The van der Waals surface area contributed by atoms with Gasteiger partial charge in [0, 0.05) is 5.54 Å². The number of aryl methyl sites for hydroxylation is 1. The van der Waals surface area contributed by atoms with Gasteiger partial charge in [-0.2, -0.15) is 0 Å². The van der Waals surface area contributed by atoms with Crippen molar-refractivity contribution in [1.82, 2.24) is 10.3 Å². The molecular weight excluding hydrogens is 246 g/mol. The van der Waals surface area contributed by atoms with Crippen molar-refractivity contribution in [1.29, 1.82) is 0 Å². The lowest BCUT2D eigenvalue weighted by Gasteiger charge is -2.50. The van der Waals surface area contributed by atoms with Gasteiger partial charge in [0.15, 0.2) is 0 Å². The predicted molar refractivity (Wildman–Crippen MR) is 85.3 cm³/mol. The van der Waals surface area contributed by atoms with Crippen molar-refractivity contribution in [3.63, 3.8) is 0 Å². The number of nitrogens with zero attached hydrogens (tertiary/aromatic N) is 1. The summed E-state index contributed by atoms with van der Waals surface area (Å²) in [5.41, 5.74) is 5.82. The van der Waals surface area contributed by atoms with Crippen molar-refractivity contribution >= 4 is 0 Å². The number of benzene rings is 1. The minimum atomic E-state index is 0.111. The summed E-state index contributed by atoms with van der Waals surface area (Å²) in [6.45, 7) is 4.50. The van der Waals surface area contributed by atoms with Crippen molar-refractivity contribution in [2.75, 3.05) is 14.1 Å². The summed E-state index contributed by atoms with van der Waals surface area (Å²) in [7, 11) is 4.39. The molecule has 1 fully saturated rings. The van der Waals surface area contributed by atoms with E-state index in [1.807, 2.05) is 0 Å². The highest BCUT2D eigenvalue weighted by Crippen LogP contribution is 2.43. The molecule has 3 heteroatoms. The molecule has 3 N–H and O–H groups in total. The van der Waals surface area contributed by atoms with Crippen LogP contribution in [0.4, 0.5) is 0 Å². The van der Waals surface area contributed by atoms with Gasteiger partial charge in [-0.05, 0) is 45.3 Å². The minimum absolute atomic E-state index is 0.111. The third-order valence-corrected chi connectivity index (χ3v) is 4.98. The van der Waals surface area contributed by atoms with Crippen molar-refractivity contribution in [3.8, 4) is 0 Å². The van der Waals surface area contributed by atoms with Crippen LogP contribution in [0.3, 0.4) is 0 Å². The van der Waals surface area contributed by atoms with Gasteiger partial charge in [0.05, 0.1) is 6.04 Å². The van der Waals surface area contributed by atoms with Gasteiger partial charge in [0.1, 0.15) is 0 Å². The van der Waals surface area contributed by atoms with E-state index in [0.717, 1.165) is 5.92 Å². The molecule has 0 aromatic heterocycles. The second kappa shape index (κ2) is 6.25. The van der Waals surface area contributed by atoms with Crippen LogP contribution in [0.1, 0.15) is 49.8 Å². The molecule has 0 saturated heterocycles. The Kier molecular flexibility index (Phi) is 4.84. The third-order valence-electron chi connectivity index (χ3n) is 4.98. The Morgan fingerprint density at radius 2 is 2.15 bits per heavy atom. The molecule has 2 rings (SSSR count). The lowest BCUT2D eigenvalue weighted by Crippen LogP contribution is -2.57. The van der Waals surface area contributed by atoms with Gasteiger partial charge in [-0.25, -0.2) is 0 Å². The van der Waals surface area contributed by atoms with E-state index in [0.29, 0.717) is 0 Å². The van der Waals surface area contributed by atoms with Gasteiger partial charge in [-0.1, -0.05) is 49.6 Å². The first-order valence-corrected chi connectivity index (χ1v) is 7.70. The first-order chi connectivity index (χ1) is 9.49. The normalized spacial score (nSPS) is 28.6. The minimum Gasteiger partial charge on any atom is -0.302 e. The number of rotatable bonds is 4. The fraction of sp³-hybridized carbons (Fsp3) is 0.647. The van der Waals surface area contributed by atoms with Crippen LogP contribution in [-0.4, -0.2) is 24.5 Å². The van der Waals surface area contributed by atoms with E-state index >= 15 is 0 Å². The third kappa shape index (κ3) is 2.90. The second-order valence-corrected chi connectivity index (χ2v) is 6.71. The summed E-state index contributed by atoms with van der Waals surface area (Å²) >= 11 is 0. The summed E-state index contributed by atoms with van der Waals surface area (Å²) < 4.78 is 0. The Morgan fingerprint density at radius 1 is 1.40 bits per heavy atom. The van der Waals surface area contributed by atoms with Crippen LogP contribution in [0.2, 0.25) is 0 Å². The number of hydrazine groups is 1. The molecule has 1 aromatic rings. The lowest BCUT2D eigenvalue weighted by atomic mass is 9.69. The largest absolute Gasteiger partial charge is 0.302 e. The van der Waals surface area contributed by atoms with Crippen molar-refractivity contribution in [2.45, 2.75) is 51.1 Å². The standard InChI is InChI=1S/C17H29N3/c1-13-7-5-9-15(11-13)16(19-18)17(20(3)4)10-6-8-14(2)12-17/h5,7,9,11,14,16,19H,6,8,10,12,18H2,1-4H3. The molecule has 0 radical (unpaired) electrons. The maximum Gasteiger partial charge on any atom is 0.0643 e. The van der Waals surface area contributed by atoms with Crippen LogP contribution < -0.4 is 11.3 Å². The van der Waals surface area contributed by atoms with Crippen LogP contribution in [0.25, 0.3) is 0 Å². The zero-order chi connectivity index (χ0) is 14.8. The van der Waals surface area contributed by atoms with E-state index in [4.69, 9.17) is 5.84 Å². The van der Waals surface area contributed by atoms with Gasteiger partial charge < -0.3 is 4.90 Å². The number of hydrogen-bond donors (Lipinski definition) is 2. The molecule has 0 amide bonds. The van der Waals surface area contributed by atoms with E-state index < -0.39 is 0 Å². The first kappa shape index (κ1) is 15.5. The zero-order valence-corrected chi connectivity index (χ0v) is 13.3. The molecule has 3 unspecified atom stereocenters. The average molecular weight is 275 g/mol. The van der Waals surface area contributed by atoms with Crippen molar-refractivity contribution < 1.29 is 0 Å². The Morgan fingerprint density at radius 3 is 2.70 bits per heavy atom. The first-order valence-electron chi connectivity index (χ1n) is 7.70. The van der Waals surface area contributed by atoms with Crippen molar-refractivity contribution in [2.24, 2.45) is 11.8 Å². The highest BCUT2D eigenvalue weighted by Gasteiger charge is 2.44. The molecule has 20 heavy (non-hydrogen) atoms. The van der Waals surface area contributed by atoms with E-state index in [9.17, 15) is 0 Å². The predicted octanol–water partition coefficient (Wildman–Crippen LogP) is 3.01. The molecule has 3 atom stereocenters. The highest BCUT2D eigenvalue weighted by molar-refractivity contribution is 5.28. The van der Waals surface area contributed by atoms with Crippen LogP contribution in [0.5, 0.6) is 0 Å². The van der Waals surface area contributed by atoms with Gasteiger partial charge in [-0.15, -0.1) is 0 Å². The second-order valence-electron chi connectivity index (χ2n) is 6.71. The zero-order valence-electron chi connectivity index (χ0n) is 13.3. The molecule has 0 spiro atoms.